The van der Waals surface area contributed by atoms with Crippen LogP contribution in [0.25, 0.3) is 33.6 Å². The number of aldehydes is 1. The average molecular weight is 722 g/mol. The lowest BCUT2D eigenvalue weighted by atomic mass is 9.98. The summed E-state index contributed by atoms with van der Waals surface area (Å²) < 4.78 is 11.1. The lowest BCUT2D eigenvalue weighted by Crippen LogP contribution is -2.35. The monoisotopic (exact) mass is 720 g/mol. The number of rotatable bonds is 16. The molecule has 2 atom stereocenters. The van der Waals surface area contributed by atoms with E-state index in [1.807, 2.05) is 36.4 Å². The van der Waals surface area contributed by atoms with E-state index in [0.29, 0.717) is 86.3 Å². The summed E-state index contributed by atoms with van der Waals surface area (Å²) in [6.07, 6.45) is 5.43. The number of halogens is 2. The van der Waals surface area contributed by atoms with Gasteiger partial charge >= 0.3 is 0 Å². The minimum absolute atomic E-state index is 0.0709. The molecule has 1 aliphatic rings. The molecule has 0 radical (unpaired) electrons. The first kappa shape index (κ1) is 36.6. The summed E-state index contributed by atoms with van der Waals surface area (Å²) in [5.41, 5.74) is 4.81. The Morgan fingerprint density at radius 2 is 1.46 bits per heavy atom. The molecule has 50 heavy (non-hydrogen) atoms. The number of aromatic nitrogens is 4. The van der Waals surface area contributed by atoms with E-state index in [1.54, 1.807) is 12.4 Å². The Morgan fingerprint density at radius 1 is 0.920 bits per heavy atom. The van der Waals surface area contributed by atoms with Crippen molar-refractivity contribution in [3.05, 3.63) is 70.2 Å². The molecule has 3 heterocycles. The summed E-state index contributed by atoms with van der Waals surface area (Å²) in [6.45, 7) is 1.59. The normalized spacial score (nSPS) is 14.6. The summed E-state index contributed by atoms with van der Waals surface area (Å²) >= 11 is 14.0. The molecule has 4 N–H and O–H groups in total. The molecule has 262 valence electrons. The summed E-state index contributed by atoms with van der Waals surface area (Å²) in [7, 11) is 4.57. The average Bonchev–Trinajstić information content (AvgIpc) is 3.56. The van der Waals surface area contributed by atoms with Gasteiger partial charge in [-0.3, -0.25) is 19.6 Å². The number of nitrogens with zero attached hydrogens (tertiary/aromatic N) is 4. The number of ether oxygens (including phenoxy) is 2. The van der Waals surface area contributed by atoms with Crippen LogP contribution < -0.4 is 30.7 Å². The summed E-state index contributed by atoms with van der Waals surface area (Å²) in [5, 5.41) is 12.8. The van der Waals surface area contributed by atoms with Crippen molar-refractivity contribution in [2.24, 2.45) is 5.92 Å². The van der Waals surface area contributed by atoms with Crippen molar-refractivity contribution >= 4 is 41.3 Å². The molecule has 0 saturated carbocycles. The van der Waals surface area contributed by atoms with Gasteiger partial charge in [0.05, 0.1) is 54.0 Å². The maximum atomic E-state index is 12.0. The van der Waals surface area contributed by atoms with Crippen molar-refractivity contribution in [3.63, 3.8) is 0 Å². The molecule has 2 aromatic carbocycles. The predicted octanol–water partition coefficient (Wildman–Crippen LogP) is 4.00. The zero-order valence-corrected chi connectivity index (χ0v) is 29.4. The van der Waals surface area contributed by atoms with E-state index >= 15 is 0 Å². The Labute approximate surface area is 299 Å². The quantitative estimate of drug-likeness (QED) is 0.123. The van der Waals surface area contributed by atoms with Gasteiger partial charge in [-0.05, 0) is 6.42 Å². The van der Waals surface area contributed by atoms with Crippen LogP contribution in [-0.4, -0.2) is 78.4 Å². The fourth-order valence-electron chi connectivity index (χ4n) is 5.66. The first-order valence-electron chi connectivity index (χ1n) is 16.0. The fraction of sp³-hybridized carbons (Fsp3) is 0.343. The van der Waals surface area contributed by atoms with Crippen LogP contribution >= 0.6 is 23.2 Å². The van der Waals surface area contributed by atoms with Crippen LogP contribution in [-0.2, 0) is 27.5 Å². The van der Waals surface area contributed by atoms with Gasteiger partial charge in [-0.1, -0.05) is 59.6 Å². The Balaban J connectivity index is 1.35. The van der Waals surface area contributed by atoms with Crippen LogP contribution in [0.15, 0.2) is 48.8 Å². The first-order valence-corrected chi connectivity index (χ1v) is 16.8. The number of nitrogens with one attached hydrogen (secondary N) is 4. The minimum atomic E-state index is -0.503. The van der Waals surface area contributed by atoms with Gasteiger partial charge in [0.15, 0.2) is 0 Å². The summed E-state index contributed by atoms with van der Waals surface area (Å²) in [6, 6.07) is 11.3. The Bertz CT molecular complexity index is 1860. The zero-order valence-electron chi connectivity index (χ0n) is 27.9. The lowest BCUT2D eigenvalue weighted by molar-refractivity contribution is -0.126. The molecule has 1 saturated heterocycles. The highest BCUT2D eigenvalue weighted by molar-refractivity contribution is 6.39. The summed E-state index contributed by atoms with van der Waals surface area (Å²) in [4.78, 5) is 53.1. The van der Waals surface area contributed by atoms with Crippen molar-refractivity contribution in [2.45, 2.75) is 38.4 Å². The van der Waals surface area contributed by atoms with Crippen LogP contribution in [0.5, 0.6) is 11.8 Å². The molecule has 2 aromatic heterocycles. The van der Waals surface area contributed by atoms with Gasteiger partial charge in [0.25, 0.3) is 0 Å². The maximum absolute atomic E-state index is 12.0. The number of carbonyl (C=O) groups excluding carboxylic acids is 3. The van der Waals surface area contributed by atoms with Crippen molar-refractivity contribution < 1.29 is 23.9 Å². The summed E-state index contributed by atoms with van der Waals surface area (Å²) in [5.74, 6) is 0.00415. The topological polar surface area (TPSA) is 169 Å². The molecule has 1 aliphatic heterocycles. The van der Waals surface area contributed by atoms with Crippen molar-refractivity contribution in [1.82, 2.24) is 41.2 Å². The van der Waals surface area contributed by atoms with Crippen molar-refractivity contribution in [2.75, 3.05) is 34.4 Å². The van der Waals surface area contributed by atoms with Gasteiger partial charge in [-0.25, -0.2) is 9.97 Å². The van der Waals surface area contributed by atoms with Gasteiger partial charge in [-0.15, -0.1) is 0 Å². The SMILES string of the molecule is CNC(=O)C(CC=O)CNCc1ncc(-c2cccc(-c3cccc(-c4cnc(CNC[C@@H]5CCC(=O)N5)c(OC)n4)c3Cl)c2Cl)nc1OC. The molecular formula is C35H38Cl2N8O5. The van der Waals surface area contributed by atoms with Gasteiger partial charge < -0.3 is 35.5 Å². The molecule has 0 spiro atoms. The van der Waals surface area contributed by atoms with Crippen LogP contribution in [0.1, 0.15) is 30.7 Å². The second-order valence-corrected chi connectivity index (χ2v) is 12.3. The third-order valence-corrected chi connectivity index (χ3v) is 9.11. The van der Waals surface area contributed by atoms with E-state index in [2.05, 4.69) is 36.2 Å². The number of hydrogen-bond donors (Lipinski definition) is 4. The minimum Gasteiger partial charge on any atom is -0.480 e. The molecule has 0 aliphatic carbocycles. The molecule has 4 aromatic rings. The van der Waals surface area contributed by atoms with E-state index in [9.17, 15) is 14.4 Å². The van der Waals surface area contributed by atoms with Gasteiger partial charge in [0.1, 0.15) is 17.7 Å². The molecule has 5 rings (SSSR count). The number of amides is 2. The van der Waals surface area contributed by atoms with Gasteiger partial charge in [-0.2, -0.15) is 0 Å². The maximum Gasteiger partial charge on any atom is 0.237 e. The number of hydrogen-bond acceptors (Lipinski definition) is 11. The second kappa shape index (κ2) is 17.3. The second-order valence-electron chi connectivity index (χ2n) is 11.5. The van der Waals surface area contributed by atoms with Crippen LogP contribution in [0.2, 0.25) is 10.0 Å². The lowest BCUT2D eigenvalue weighted by Gasteiger charge is -2.16. The van der Waals surface area contributed by atoms with E-state index < -0.39 is 5.92 Å². The molecule has 1 unspecified atom stereocenters. The van der Waals surface area contributed by atoms with Crippen LogP contribution in [0.3, 0.4) is 0 Å². The molecule has 13 nitrogen and oxygen atoms in total. The highest BCUT2D eigenvalue weighted by atomic mass is 35.5. The number of benzene rings is 2. The van der Waals surface area contributed by atoms with E-state index in [1.165, 1.54) is 21.3 Å². The molecule has 15 heteroatoms. The number of carbonyl (C=O) groups is 3. The highest BCUT2D eigenvalue weighted by Gasteiger charge is 2.22. The van der Waals surface area contributed by atoms with E-state index in [4.69, 9.17) is 37.7 Å². The van der Waals surface area contributed by atoms with Crippen molar-refractivity contribution in [1.29, 1.82) is 0 Å². The smallest absolute Gasteiger partial charge is 0.237 e. The fourth-order valence-corrected chi connectivity index (χ4v) is 6.31. The van der Waals surface area contributed by atoms with Crippen molar-refractivity contribution in [3.8, 4) is 45.4 Å². The third-order valence-electron chi connectivity index (χ3n) is 8.30. The molecule has 0 bridgehead atoms. The van der Waals surface area contributed by atoms with Gasteiger partial charge in [0.2, 0.25) is 23.6 Å². The van der Waals surface area contributed by atoms with E-state index in [-0.39, 0.29) is 37.4 Å². The molecule has 2 amide bonds. The highest BCUT2D eigenvalue weighted by Crippen LogP contribution is 2.42. The third kappa shape index (κ3) is 8.53. The Kier molecular flexibility index (Phi) is 12.7. The number of methoxy groups -OCH3 is 2. The predicted molar refractivity (Wildman–Crippen MR) is 190 cm³/mol. The zero-order chi connectivity index (χ0) is 35.6. The molecule has 1 fully saturated rings. The van der Waals surface area contributed by atoms with E-state index in [0.717, 1.165) is 12.7 Å². The van der Waals surface area contributed by atoms with Crippen LogP contribution in [0.4, 0.5) is 0 Å². The van der Waals surface area contributed by atoms with Gasteiger partial charge in [0, 0.05) is 74.4 Å². The standard InChI is InChI=1S/C35H38Cl2N8O5/c1-38-33(48)20(12-13-46)14-39-16-28-34(49-2)44-26(18-41-28)24-8-4-6-22(31(24)36)23-7-5-9-25(32(23)37)27-19-42-29(35(45-27)50-3)17-40-15-21-10-11-30(47)43-21/h4-9,13,18-21,39-40H,10-12,14-17H2,1-3H3,(H,38,48)(H,43,47)/t20?,21-/m0/s1. The first-order chi connectivity index (χ1) is 24.3. The largest absolute Gasteiger partial charge is 0.480 e. The Hall–Kier alpha value is -4.69. The Morgan fingerprint density at radius 3 is 1.94 bits per heavy atom. The molecular weight excluding hydrogens is 683 g/mol. The van der Waals surface area contributed by atoms with Crippen LogP contribution in [0, 0.1) is 5.92 Å².